The second kappa shape index (κ2) is 6.32. The van der Waals surface area contributed by atoms with E-state index in [1.54, 1.807) is 4.68 Å². The lowest BCUT2D eigenvalue weighted by atomic mass is 10.2. The molecule has 0 unspecified atom stereocenters. The van der Waals surface area contributed by atoms with Crippen LogP contribution in [0.4, 0.5) is 5.82 Å². The molecule has 3 rings (SSSR count). The highest BCUT2D eigenvalue weighted by atomic mass is 16.2. The first-order chi connectivity index (χ1) is 10.6. The Labute approximate surface area is 130 Å². The van der Waals surface area contributed by atoms with Crippen LogP contribution in [0.1, 0.15) is 24.1 Å². The number of likely N-dealkylation sites (tertiary alicyclic amines) is 1. The molecule has 1 amide bonds. The molecule has 1 aromatic heterocycles. The van der Waals surface area contributed by atoms with Crippen LogP contribution in [-0.4, -0.2) is 40.2 Å². The van der Waals surface area contributed by atoms with E-state index in [4.69, 9.17) is 0 Å². The summed E-state index contributed by atoms with van der Waals surface area (Å²) in [7, 11) is 0. The van der Waals surface area contributed by atoms with E-state index in [1.807, 2.05) is 37.3 Å². The van der Waals surface area contributed by atoms with Crippen LogP contribution in [0.2, 0.25) is 0 Å². The van der Waals surface area contributed by atoms with Gasteiger partial charge in [-0.15, -0.1) is 0 Å². The van der Waals surface area contributed by atoms with Crippen molar-refractivity contribution < 1.29 is 4.79 Å². The van der Waals surface area contributed by atoms with Crippen molar-refractivity contribution in [2.75, 3.05) is 25.0 Å². The highest BCUT2D eigenvalue weighted by Gasteiger charge is 2.17. The van der Waals surface area contributed by atoms with Gasteiger partial charge in [-0.25, -0.2) is 4.68 Å². The zero-order chi connectivity index (χ0) is 15.5. The summed E-state index contributed by atoms with van der Waals surface area (Å²) in [5.41, 5.74) is 3.04. The minimum absolute atomic E-state index is 0.0233. The van der Waals surface area contributed by atoms with Crippen LogP contribution >= 0.6 is 0 Å². The first kappa shape index (κ1) is 14.8. The number of anilines is 1. The van der Waals surface area contributed by atoms with Gasteiger partial charge in [0.25, 0.3) is 0 Å². The molecule has 1 aliphatic heterocycles. The maximum atomic E-state index is 12.2. The summed E-state index contributed by atoms with van der Waals surface area (Å²) in [6.07, 6.45) is 2.38. The Kier molecular flexibility index (Phi) is 4.24. The molecule has 2 aromatic rings. The summed E-state index contributed by atoms with van der Waals surface area (Å²) < 4.78 is 1.79. The molecule has 1 aliphatic rings. The number of hydrogen-bond donors (Lipinski definition) is 1. The smallest absolute Gasteiger partial charge is 0.239 e. The Morgan fingerprint density at radius 3 is 2.55 bits per heavy atom. The van der Waals surface area contributed by atoms with Gasteiger partial charge in [0.15, 0.2) is 0 Å². The summed E-state index contributed by atoms with van der Waals surface area (Å²) in [6.45, 7) is 6.48. The number of nitrogens with zero attached hydrogens (tertiary/aromatic N) is 3. The maximum absolute atomic E-state index is 12.2. The summed E-state index contributed by atoms with van der Waals surface area (Å²) in [6, 6.07) is 10.0. The van der Waals surface area contributed by atoms with Crippen molar-refractivity contribution in [2.24, 2.45) is 0 Å². The van der Waals surface area contributed by atoms with E-state index in [2.05, 4.69) is 22.2 Å². The summed E-state index contributed by atoms with van der Waals surface area (Å²) in [5, 5.41) is 7.47. The minimum Gasteiger partial charge on any atom is -0.309 e. The summed E-state index contributed by atoms with van der Waals surface area (Å²) in [4.78, 5) is 14.4. The van der Waals surface area contributed by atoms with Gasteiger partial charge >= 0.3 is 0 Å². The fourth-order valence-electron chi connectivity index (χ4n) is 2.80. The highest BCUT2D eigenvalue weighted by Crippen LogP contribution is 2.18. The summed E-state index contributed by atoms with van der Waals surface area (Å²) >= 11 is 0. The minimum atomic E-state index is 0.0233. The Bertz CT molecular complexity index is 654. The number of benzene rings is 1. The average molecular weight is 298 g/mol. The van der Waals surface area contributed by atoms with Gasteiger partial charge in [-0.3, -0.25) is 9.69 Å². The fraction of sp³-hybridized carbons (Fsp3) is 0.412. The molecule has 2 heterocycles. The Balaban J connectivity index is 1.75. The van der Waals surface area contributed by atoms with E-state index in [1.165, 1.54) is 18.4 Å². The molecule has 0 spiro atoms. The van der Waals surface area contributed by atoms with E-state index in [0.29, 0.717) is 6.54 Å². The van der Waals surface area contributed by atoms with Crippen LogP contribution in [0.25, 0.3) is 5.69 Å². The molecule has 1 saturated heterocycles. The largest absolute Gasteiger partial charge is 0.309 e. The molecule has 1 fully saturated rings. The molecular weight excluding hydrogens is 276 g/mol. The lowest BCUT2D eigenvalue weighted by Crippen LogP contribution is -2.31. The third-order valence-electron chi connectivity index (χ3n) is 3.94. The van der Waals surface area contributed by atoms with E-state index >= 15 is 0 Å². The molecule has 0 radical (unpaired) electrons. The predicted octanol–water partition coefficient (Wildman–Crippen LogP) is 2.52. The van der Waals surface area contributed by atoms with Crippen molar-refractivity contribution in [1.29, 1.82) is 0 Å². The predicted molar refractivity (Wildman–Crippen MR) is 87.3 cm³/mol. The second-order valence-corrected chi connectivity index (χ2v) is 5.95. The van der Waals surface area contributed by atoms with Crippen LogP contribution in [0.3, 0.4) is 0 Å². The molecule has 22 heavy (non-hydrogen) atoms. The molecule has 0 bridgehead atoms. The van der Waals surface area contributed by atoms with Gasteiger partial charge in [0.2, 0.25) is 5.91 Å². The standard InChI is InChI=1S/C17H22N4O/c1-13-5-7-15(8-6-13)21-16(11-14(2)19-21)18-17(22)12-20-9-3-4-10-20/h5-8,11H,3-4,9-10,12H2,1-2H3,(H,18,22). The van der Waals surface area contributed by atoms with Gasteiger partial charge in [0.05, 0.1) is 17.9 Å². The third-order valence-corrected chi connectivity index (χ3v) is 3.94. The number of carbonyl (C=O) groups is 1. The molecule has 116 valence electrons. The SMILES string of the molecule is Cc1ccc(-n2nc(C)cc2NC(=O)CN2CCCC2)cc1. The number of carbonyl (C=O) groups excluding carboxylic acids is 1. The van der Waals surface area contributed by atoms with Crippen LogP contribution in [0.15, 0.2) is 30.3 Å². The van der Waals surface area contributed by atoms with E-state index in [0.717, 1.165) is 30.3 Å². The Morgan fingerprint density at radius 2 is 1.86 bits per heavy atom. The quantitative estimate of drug-likeness (QED) is 0.943. The number of hydrogen-bond acceptors (Lipinski definition) is 3. The fourth-order valence-corrected chi connectivity index (χ4v) is 2.80. The van der Waals surface area contributed by atoms with Gasteiger partial charge in [-0.2, -0.15) is 5.10 Å². The molecule has 5 nitrogen and oxygen atoms in total. The number of aryl methyl sites for hydroxylation is 2. The average Bonchev–Trinajstić information content (AvgIpc) is 3.10. The van der Waals surface area contributed by atoms with Crippen molar-refractivity contribution in [3.63, 3.8) is 0 Å². The van der Waals surface area contributed by atoms with Crippen LogP contribution in [0.5, 0.6) is 0 Å². The maximum Gasteiger partial charge on any atom is 0.239 e. The molecule has 0 atom stereocenters. The molecule has 0 saturated carbocycles. The van der Waals surface area contributed by atoms with E-state index in [-0.39, 0.29) is 5.91 Å². The normalized spacial score (nSPS) is 15.2. The number of aromatic nitrogens is 2. The Hall–Kier alpha value is -2.14. The van der Waals surface area contributed by atoms with Gasteiger partial charge in [-0.05, 0) is 51.9 Å². The lowest BCUT2D eigenvalue weighted by Gasteiger charge is -2.14. The zero-order valence-corrected chi connectivity index (χ0v) is 13.2. The molecule has 1 aromatic carbocycles. The van der Waals surface area contributed by atoms with Gasteiger partial charge in [0.1, 0.15) is 5.82 Å². The molecular formula is C17H22N4O. The first-order valence-corrected chi connectivity index (χ1v) is 7.78. The second-order valence-electron chi connectivity index (χ2n) is 5.95. The van der Waals surface area contributed by atoms with Gasteiger partial charge in [-0.1, -0.05) is 17.7 Å². The van der Waals surface area contributed by atoms with Crippen molar-refractivity contribution in [3.8, 4) is 5.69 Å². The molecule has 1 N–H and O–H groups in total. The summed E-state index contributed by atoms with van der Waals surface area (Å²) in [5.74, 6) is 0.751. The van der Waals surface area contributed by atoms with Crippen LogP contribution in [-0.2, 0) is 4.79 Å². The van der Waals surface area contributed by atoms with Crippen molar-refractivity contribution >= 4 is 11.7 Å². The molecule has 0 aliphatic carbocycles. The molecule has 5 heteroatoms. The number of nitrogens with one attached hydrogen (secondary N) is 1. The first-order valence-electron chi connectivity index (χ1n) is 7.78. The Morgan fingerprint density at radius 1 is 1.18 bits per heavy atom. The van der Waals surface area contributed by atoms with Crippen molar-refractivity contribution in [2.45, 2.75) is 26.7 Å². The van der Waals surface area contributed by atoms with Crippen LogP contribution < -0.4 is 5.32 Å². The third kappa shape index (κ3) is 3.36. The topological polar surface area (TPSA) is 50.2 Å². The van der Waals surface area contributed by atoms with Gasteiger partial charge < -0.3 is 5.32 Å². The van der Waals surface area contributed by atoms with Crippen molar-refractivity contribution in [3.05, 3.63) is 41.6 Å². The number of amides is 1. The van der Waals surface area contributed by atoms with Crippen LogP contribution in [0, 0.1) is 13.8 Å². The zero-order valence-electron chi connectivity index (χ0n) is 13.2. The van der Waals surface area contributed by atoms with E-state index in [9.17, 15) is 4.79 Å². The number of rotatable bonds is 4. The lowest BCUT2D eigenvalue weighted by molar-refractivity contribution is -0.117. The van der Waals surface area contributed by atoms with E-state index < -0.39 is 0 Å². The van der Waals surface area contributed by atoms with Crippen molar-refractivity contribution in [1.82, 2.24) is 14.7 Å². The highest BCUT2D eigenvalue weighted by molar-refractivity contribution is 5.91. The monoisotopic (exact) mass is 298 g/mol. The van der Waals surface area contributed by atoms with Gasteiger partial charge in [0, 0.05) is 6.07 Å².